The normalized spacial score (nSPS) is 40.4. The number of hydrogen-bond donors (Lipinski definition) is 1. The fourth-order valence-corrected chi connectivity index (χ4v) is 3.58. The first kappa shape index (κ1) is 13.4. The molecule has 2 rings (SSSR count). The maximum absolute atomic E-state index is 3.67. The molecule has 0 aromatic rings. The third-order valence-corrected chi connectivity index (χ3v) is 5.01. The second-order valence-corrected chi connectivity index (χ2v) is 6.36. The summed E-state index contributed by atoms with van der Waals surface area (Å²) in [6.07, 6.45) is 6.96. The topological polar surface area (TPSA) is 15.3 Å². The van der Waals surface area contributed by atoms with Crippen LogP contribution >= 0.6 is 0 Å². The Morgan fingerprint density at radius 2 is 2.00 bits per heavy atom. The van der Waals surface area contributed by atoms with E-state index in [9.17, 15) is 0 Å². The largest absolute Gasteiger partial charge is 0.311 e. The highest BCUT2D eigenvalue weighted by atomic mass is 15.2. The fourth-order valence-electron chi connectivity index (χ4n) is 3.58. The average Bonchev–Trinajstić information content (AvgIpc) is 2.33. The molecule has 2 nitrogen and oxygen atoms in total. The molecule has 0 amide bonds. The number of nitrogens with one attached hydrogen (secondary N) is 1. The highest BCUT2D eigenvalue weighted by Gasteiger charge is 2.30. The first-order valence-corrected chi connectivity index (χ1v) is 7.68. The van der Waals surface area contributed by atoms with Crippen LogP contribution in [0.2, 0.25) is 0 Å². The first-order valence-electron chi connectivity index (χ1n) is 7.68. The van der Waals surface area contributed by atoms with Crippen molar-refractivity contribution in [1.82, 2.24) is 10.2 Å². The van der Waals surface area contributed by atoms with Crippen molar-refractivity contribution in [3.05, 3.63) is 0 Å². The monoisotopic (exact) mass is 238 g/mol. The van der Waals surface area contributed by atoms with E-state index in [4.69, 9.17) is 0 Å². The predicted molar refractivity (Wildman–Crippen MR) is 74.2 cm³/mol. The third-order valence-electron chi connectivity index (χ3n) is 5.01. The van der Waals surface area contributed by atoms with Crippen molar-refractivity contribution >= 4 is 0 Å². The number of rotatable bonds is 3. The van der Waals surface area contributed by atoms with Gasteiger partial charge >= 0.3 is 0 Å². The second kappa shape index (κ2) is 6.19. The van der Waals surface area contributed by atoms with E-state index in [1.807, 2.05) is 0 Å². The summed E-state index contributed by atoms with van der Waals surface area (Å²) in [6.45, 7) is 10.9. The molecule has 0 radical (unpaired) electrons. The van der Waals surface area contributed by atoms with Gasteiger partial charge in [0.15, 0.2) is 0 Å². The highest BCUT2D eigenvalue weighted by molar-refractivity contribution is 4.87. The molecule has 2 aliphatic rings. The summed E-state index contributed by atoms with van der Waals surface area (Å²) >= 11 is 0. The van der Waals surface area contributed by atoms with E-state index in [0.29, 0.717) is 0 Å². The van der Waals surface area contributed by atoms with Gasteiger partial charge in [0.25, 0.3) is 0 Å². The van der Waals surface area contributed by atoms with Crippen LogP contribution in [0.1, 0.15) is 52.9 Å². The van der Waals surface area contributed by atoms with Gasteiger partial charge in [0.1, 0.15) is 0 Å². The molecule has 0 aromatic carbocycles. The van der Waals surface area contributed by atoms with Gasteiger partial charge in [0, 0.05) is 31.7 Å². The molecule has 1 N–H and O–H groups in total. The van der Waals surface area contributed by atoms with Crippen LogP contribution in [-0.4, -0.2) is 36.6 Å². The van der Waals surface area contributed by atoms with Crippen LogP contribution in [0.5, 0.6) is 0 Å². The fraction of sp³-hybridized carbons (Fsp3) is 1.00. The Balaban J connectivity index is 1.84. The van der Waals surface area contributed by atoms with Crippen LogP contribution < -0.4 is 5.32 Å². The third kappa shape index (κ3) is 3.45. The Bertz CT molecular complexity index is 227. The molecular weight excluding hydrogens is 208 g/mol. The van der Waals surface area contributed by atoms with Crippen molar-refractivity contribution in [2.24, 2.45) is 11.8 Å². The lowest BCUT2D eigenvalue weighted by molar-refractivity contribution is 0.0802. The van der Waals surface area contributed by atoms with Crippen molar-refractivity contribution < 1.29 is 0 Å². The summed E-state index contributed by atoms with van der Waals surface area (Å²) in [6, 6.07) is 1.63. The van der Waals surface area contributed by atoms with Crippen molar-refractivity contribution in [3.63, 3.8) is 0 Å². The number of hydrogen-bond acceptors (Lipinski definition) is 2. The molecule has 2 heteroatoms. The minimum atomic E-state index is 0.753. The zero-order valence-corrected chi connectivity index (χ0v) is 11.9. The van der Waals surface area contributed by atoms with Gasteiger partial charge in [0.2, 0.25) is 0 Å². The lowest BCUT2D eigenvalue weighted by Gasteiger charge is -2.43. The molecule has 100 valence electrons. The molecule has 1 aliphatic heterocycles. The SMILES string of the molecule is CCCC1CN(C2CCC(C)C(C)C2)CCN1. The molecule has 2 fully saturated rings. The molecule has 4 unspecified atom stereocenters. The quantitative estimate of drug-likeness (QED) is 0.813. The maximum atomic E-state index is 3.67. The Morgan fingerprint density at radius 3 is 2.71 bits per heavy atom. The number of nitrogens with zero attached hydrogens (tertiary/aromatic N) is 1. The van der Waals surface area contributed by atoms with E-state index in [2.05, 4.69) is 31.0 Å². The molecule has 0 aromatic heterocycles. The summed E-state index contributed by atoms with van der Waals surface area (Å²) < 4.78 is 0. The Hall–Kier alpha value is -0.0800. The number of piperazine rings is 1. The first-order chi connectivity index (χ1) is 8.20. The van der Waals surface area contributed by atoms with Crippen LogP contribution in [-0.2, 0) is 0 Å². The summed E-state index contributed by atoms with van der Waals surface area (Å²) in [4.78, 5) is 2.78. The Morgan fingerprint density at radius 1 is 1.18 bits per heavy atom. The predicted octanol–water partition coefficient (Wildman–Crippen LogP) is 2.89. The van der Waals surface area contributed by atoms with Crippen LogP contribution in [0, 0.1) is 11.8 Å². The molecule has 0 bridgehead atoms. The summed E-state index contributed by atoms with van der Waals surface area (Å²) in [5.74, 6) is 1.87. The smallest absolute Gasteiger partial charge is 0.0195 e. The maximum Gasteiger partial charge on any atom is 0.0195 e. The van der Waals surface area contributed by atoms with Gasteiger partial charge in [-0.05, 0) is 37.5 Å². The molecule has 1 saturated heterocycles. The molecule has 1 saturated carbocycles. The zero-order valence-electron chi connectivity index (χ0n) is 11.9. The standard InChI is InChI=1S/C15H30N2/c1-4-5-14-11-17(9-8-16-14)15-7-6-12(2)13(3)10-15/h12-16H,4-11H2,1-3H3. The lowest BCUT2D eigenvalue weighted by Crippen LogP contribution is -2.55. The van der Waals surface area contributed by atoms with Crippen LogP contribution in [0.25, 0.3) is 0 Å². The van der Waals surface area contributed by atoms with Gasteiger partial charge in [-0.1, -0.05) is 27.2 Å². The molecule has 1 aliphatic carbocycles. The van der Waals surface area contributed by atoms with Crippen LogP contribution in [0.15, 0.2) is 0 Å². The minimum Gasteiger partial charge on any atom is -0.311 e. The van der Waals surface area contributed by atoms with E-state index in [-0.39, 0.29) is 0 Å². The van der Waals surface area contributed by atoms with E-state index < -0.39 is 0 Å². The van der Waals surface area contributed by atoms with Crippen molar-refractivity contribution in [3.8, 4) is 0 Å². The Kier molecular flexibility index (Phi) is 4.87. The molecule has 1 heterocycles. The lowest BCUT2D eigenvalue weighted by atomic mass is 9.78. The minimum absolute atomic E-state index is 0.753. The molecule has 4 atom stereocenters. The second-order valence-electron chi connectivity index (χ2n) is 6.36. The van der Waals surface area contributed by atoms with Crippen LogP contribution in [0.4, 0.5) is 0 Å². The molecule has 17 heavy (non-hydrogen) atoms. The van der Waals surface area contributed by atoms with Gasteiger partial charge in [-0.15, -0.1) is 0 Å². The summed E-state index contributed by atoms with van der Waals surface area (Å²) in [7, 11) is 0. The highest BCUT2D eigenvalue weighted by Crippen LogP contribution is 2.32. The summed E-state index contributed by atoms with van der Waals surface area (Å²) in [5.41, 5.74) is 0. The molecular formula is C15H30N2. The van der Waals surface area contributed by atoms with Crippen molar-refractivity contribution in [2.45, 2.75) is 65.0 Å². The Labute approximate surface area is 107 Å². The van der Waals surface area contributed by atoms with Gasteiger partial charge < -0.3 is 5.32 Å². The van der Waals surface area contributed by atoms with Crippen LogP contribution in [0.3, 0.4) is 0 Å². The van der Waals surface area contributed by atoms with Gasteiger partial charge in [-0.25, -0.2) is 0 Å². The average molecular weight is 238 g/mol. The van der Waals surface area contributed by atoms with Gasteiger partial charge in [-0.2, -0.15) is 0 Å². The van der Waals surface area contributed by atoms with Gasteiger partial charge in [0.05, 0.1) is 0 Å². The van der Waals surface area contributed by atoms with E-state index in [0.717, 1.165) is 23.9 Å². The van der Waals surface area contributed by atoms with Crippen molar-refractivity contribution in [2.75, 3.05) is 19.6 Å². The van der Waals surface area contributed by atoms with Gasteiger partial charge in [-0.3, -0.25) is 4.90 Å². The van der Waals surface area contributed by atoms with E-state index in [1.54, 1.807) is 0 Å². The van der Waals surface area contributed by atoms with E-state index in [1.165, 1.54) is 51.7 Å². The summed E-state index contributed by atoms with van der Waals surface area (Å²) in [5, 5.41) is 3.67. The van der Waals surface area contributed by atoms with Crippen molar-refractivity contribution in [1.29, 1.82) is 0 Å². The van der Waals surface area contributed by atoms with E-state index >= 15 is 0 Å². The molecule has 0 spiro atoms. The zero-order chi connectivity index (χ0) is 12.3.